The topological polar surface area (TPSA) is 83.8 Å². The number of hydrogen-bond acceptors (Lipinski definition) is 3. The van der Waals surface area contributed by atoms with E-state index >= 15 is 0 Å². The second kappa shape index (κ2) is 5.14. The van der Waals surface area contributed by atoms with E-state index in [1.807, 2.05) is 6.92 Å². The number of aliphatic carboxylic acids is 2. The molecular formula is C12H16O5. The molecule has 0 heterocycles. The van der Waals surface area contributed by atoms with Crippen LogP contribution in [0.1, 0.15) is 20.3 Å². The van der Waals surface area contributed by atoms with Crippen LogP contribution in [0, 0.1) is 5.92 Å². The monoisotopic (exact) mass is 240 g/mol. The predicted octanol–water partition coefficient (Wildman–Crippen LogP) is 1.45. The predicted molar refractivity (Wildman–Crippen MR) is 60.6 cm³/mol. The molecule has 0 spiro atoms. The van der Waals surface area contributed by atoms with Gasteiger partial charge in [0.05, 0.1) is 0 Å². The smallest absolute Gasteiger partial charge is 0.340 e. The molecule has 0 amide bonds. The Kier molecular flexibility index (Phi) is 4.07. The third-order valence-electron chi connectivity index (χ3n) is 2.86. The van der Waals surface area contributed by atoms with E-state index in [0.717, 1.165) is 0 Å². The van der Waals surface area contributed by atoms with Crippen molar-refractivity contribution in [1.82, 2.24) is 0 Å². The average Bonchev–Trinajstić information content (AvgIpc) is 2.27. The summed E-state index contributed by atoms with van der Waals surface area (Å²) in [5, 5.41) is 18.3. The molecule has 2 atom stereocenters. The molecule has 0 aromatic rings. The summed E-state index contributed by atoms with van der Waals surface area (Å²) >= 11 is 0. The van der Waals surface area contributed by atoms with E-state index in [-0.39, 0.29) is 12.2 Å². The van der Waals surface area contributed by atoms with Crippen molar-refractivity contribution in [1.29, 1.82) is 0 Å². The molecule has 5 nitrogen and oxygen atoms in total. The molecule has 0 aromatic carbocycles. The van der Waals surface area contributed by atoms with Gasteiger partial charge in [0.2, 0.25) is 0 Å². The Morgan fingerprint density at radius 2 is 2.12 bits per heavy atom. The van der Waals surface area contributed by atoms with Gasteiger partial charge in [-0.1, -0.05) is 26.0 Å². The Balaban J connectivity index is 3.09. The zero-order chi connectivity index (χ0) is 13.1. The van der Waals surface area contributed by atoms with E-state index in [9.17, 15) is 14.7 Å². The third-order valence-corrected chi connectivity index (χ3v) is 2.86. The summed E-state index contributed by atoms with van der Waals surface area (Å²) in [7, 11) is 0. The van der Waals surface area contributed by atoms with E-state index in [4.69, 9.17) is 9.84 Å². The minimum absolute atomic E-state index is 0.0472. The molecule has 2 N–H and O–H groups in total. The highest BCUT2D eigenvalue weighted by Crippen LogP contribution is 2.34. The van der Waals surface area contributed by atoms with Crippen molar-refractivity contribution < 1.29 is 24.5 Å². The average molecular weight is 240 g/mol. The van der Waals surface area contributed by atoms with Crippen LogP contribution >= 0.6 is 0 Å². The van der Waals surface area contributed by atoms with E-state index in [1.54, 1.807) is 6.92 Å². The number of carbonyl (C=O) groups is 2. The van der Waals surface area contributed by atoms with Crippen molar-refractivity contribution in [2.75, 3.05) is 6.61 Å². The van der Waals surface area contributed by atoms with Crippen LogP contribution in [0.5, 0.6) is 0 Å². The van der Waals surface area contributed by atoms with Crippen LogP contribution in [0.15, 0.2) is 23.8 Å². The molecule has 0 fully saturated rings. The van der Waals surface area contributed by atoms with Crippen LogP contribution in [-0.2, 0) is 14.3 Å². The van der Waals surface area contributed by atoms with Gasteiger partial charge in [0.1, 0.15) is 0 Å². The maximum absolute atomic E-state index is 11.4. The fourth-order valence-corrected chi connectivity index (χ4v) is 1.83. The minimum Gasteiger partial charge on any atom is -0.479 e. The molecule has 17 heavy (non-hydrogen) atoms. The molecule has 0 radical (unpaired) electrons. The largest absolute Gasteiger partial charge is 0.479 e. The zero-order valence-corrected chi connectivity index (χ0v) is 9.84. The van der Waals surface area contributed by atoms with Crippen molar-refractivity contribution in [3.63, 3.8) is 0 Å². The van der Waals surface area contributed by atoms with E-state index in [1.165, 1.54) is 18.2 Å². The first-order chi connectivity index (χ1) is 7.95. The molecule has 0 aromatic heterocycles. The van der Waals surface area contributed by atoms with Gasteiger partial charge >= 0.3 is 11.9 Å². The van der Waals surface area contributed by atoms with Gasteiger partial charge in [0, 0.05) is 18.1 Å². The number of rotatable bonds is 5. The van der Waals surface area contributed by atoms with Gasteiger partial charge in [0.25, 0.3) is 0 Å². The Bertz CT molecular complexity index is 382. The molecule has 2 unspecified atom stereocenters. The summed E-state index contributed by atoms with van der Waals surface area (Å²) in [6, 6.07) is 0. The SMILES string of the molecule is CCCOC1(C(=O)O)C=CC=C(C(=O)O)C1C. The number of carboxylic acid groups (broad SMARTS) is 2. The van der Waals surface area contributed by atoms with Gasteiger partial charge in [-0.25, -0.2) is 9.59 Å². The van der Waals surface area contributed by atoms with Gasteiger partial charge in [-0.05, 0) is 12.5 Å². The van der Waals surface area contributed by atoms with Crippen LogP contribution < -0.4 is 0 Å². The summed E-state index contributed by atoms with van der Waals surface area (Å²) in [5.41, 5.74) is -1.52. The number of hydrogen-bond donors (Lipinski definition) is 2. The Labute approximate surface area is 99.4 Å². The van der Waals surface area contributed by atoms with E-state index in [2.05, 4.69) is 0 Å². The summed E-state index contributed by atoms with van der Waals surface area (Å²) in [6.45, 7) is 3.68. The van der Waals surface area contributed by atoms with E-state index < -0.39 is 23.5 Å². The second-order valence-electron chi connectivity index (χ2n) is 3.95. The summed E-state index contributed by atoms with van der Waals surface area (Å²) in [4.78, 5) is 22.4. The van der Waals surface area contributed by atoms with Gasteiger partial charge in [0.15, 0.2) is 5.60 Å². The molecule has 1 aliphatic rings. The van der Waals surface area contributed by atoms with Crippen LogP contribution in [0.2, 0.25) is 0 Å². The summed E-state index contributed by atoms with van der Waals surface area (Å²) in [6.07, 6.45) is 4.90. The number of allylic oxidation sites excluding steroid dienone is 2. The molecular weight excluding hydrogens is 224 g/mol. The van der Waals surface area contributed by atoms with Gasteiger partial charge < -0.3 is 14.9 Å². The maximum atomic E-state index is 11.4. The number of carboxylic acids is 2. The van der Waals surface area contributed by atoms with Gasteiger partial charge in [-0.3, -0.25) is 0 Å². The Hall–Kier alpha value is -1.62. The molecule has 1 rings (SSSR count). The van der Waals surface area contributed by atoms with Crippen LogP contribution in [0.3, 0.4) is 0 Å². The number of ether oxygens (including phenoxy) is 1. The molecule has 94 valence electrons. The second-order valence-corrected chi connectivity index (χ2v) is 3.95. The first-order valence-electron chi connectivity index (χ1n) is 5.45. The highest BCUT2D eigenvalue weighted by molar-refractivity contribution is 5.92. The van der Waals surface area contributed by atoms with Crippen LogP contribution in [0.4, 0.5) is 0 Å². The fraction of sp³-hybridized carbons (Fsp3) is 0.500. The first-order valence-corrected chi connectivity index (χ1v) is 5.45. The zero-order valence-electron chi connectivity index (χ0n) is 9.84. The first kappa shape index (κ1) is 13.4. The molecule has 0 bridgehead atoms. The maximum Gasteiger partial charge on any atom is 0.340 e. The molecule has 0 saturated carbocycles. The molecule has 1 aliphatic carbocycles. The molecule has 0 saturated heterocycles. The van der Waals surface area contributed by atoms with Crippen molar-refractivity contribution in [2.45, 2.75) is 25.9 Å². The van der Waals surface area contributed by atoms with Crippen molar-refractivity contribution in [3.8, 4) is 0 Å². The highest BCUT2D eigenvalue weighted by Gasteiger charge is 2.47. The lowest BCUT2D eigenvalue weighted by Gasteiger charge is -2.34. The lowest BCUT2D eigenvalue weighted by Crippen LogP contribution is -2.48. The minimum atomic E-state index is -1.57. The standard InChI is InChI=1S/C12H16O5/c1-3-7-17-12(11(15)16)6-4-5-9(8(12)2)10(13)14/h4-6,8H,3,7H2,1-2H3,(H,13,14)(H,15,16). The lowest BCUT2D eigenvalue weighted by atomic mass is 9.79. The quantitative estimate of drug-likeness (QED) is 0.759. The van der Waals surface area contributed by atoms with Crippen molar-refractivity contribution >= 4 is 11.9 Å². The van der Waals surface area contributed by atoms with Crippen LogP contribution in [0.25, 0.3) is 0 Å². The van der Waals surface area contributed by atoms with Crippen molar-refractivity contribution in [3.05, 3.63) is 23.8 Å². The van der Waals surface area contributed by atoms with E-state index in [0.29, 0.717) is 6.42 Å². The summed E-state index contributed by atoms with van der Waals surface area (Å²) in [5.74, 6) is -3.01. The lowest BCUT2D eigenvalue weighted by molar-refractivity contribution is -0.164. The van der Waals surface area contributed by atoms with Crippen LogP contribution in [-0.4, -0.2) is 34.4 Å². The highest BCUT2D eigenvalue weighted by atomic mass is 16.5. The van der Waals surface area contributed by atoms with Gasteiger partial charge in [-0.15, -0.1) is 0 Å². The van der Waals surface area contributed by atoms with Gasteiger partial charge in [-0.2, -0.15) is 0 Å². The Morgan fingerprint density at radius 3 is 2.59 bits per heavy atom. The normalized spacial score (nSPS) is 27.6. The summed E-state index contributed by atoms with van der Waals surface area (Å²) < 4.78 is 5.38. The molecule has 0 aliphatic heterocycles. The van der Waals surface area contributed by atoms with Crippen molar-refractivity contribution in [2.24, 2.45) is 5.92 Å². The Morgan fingerprint density at radius 1 is 1.47 bits per heavy atom. The molecule has 5 heteroatoms. The fourth-order valence-electron chi connectivity index (χ4n) is 1.83. The third kappa shape index (κ3) is 2.39.